The molecule has 0 aromatic heterocycles. The van der Waals surface area contributed by atoms with Crippen LogP contribution in [0.25, 0.3) is 0 Å². The Morgan fingerprint density at radius 2 is 1.30 bits per heavy atom. The molecule has 0 unspecified atom stereocenters. The molecule has 0 heterocycles. The Labute approximate surface area is 116 Å². The molecular weight excluding hydrogens is 256 g/mol. The molecule has 2 aromatic carbocycles. The van der Waals surface area contributed by atoms with E-state index in [1.165, 1.54) is 19.2 Å². The number of hydrogen-bond acceptors (Lipinski definition) is 4. The molecule has 2 rings (SSSR count). The molecule has 0 fully saturated rings. The minimum atomic E-state index is -0.725. The van der Waals surface area contributed by atoms with Crippen LogP contribution in [-0.4, -0.2) is 24.6 Å². The van der Waals surface area contributed by atoms with Crippen LogP contribution in [0.5, 0.6) is 0 Å². The summed E-state index contributed by atoms with van der Waals surface area (Å²) in [5.74, 6) is -2.02. The number of ketones is 2. The number of rotatable bonds is 4. The SMILES string of the molecule is COC(=O)c1ccccc1C(=O)C(=O)c1ccccc1. The number of carbonyl (C=O) groups is 3. The molecule has 4 heteroatoms. The van der Waals surface area contributed by atoms with Gasteiger partial charge >= 0.3 is 5.97 Å². The Bertz CT molecular complexity index is 659. The normalized spacial score (nSPS) is 9.85. The van der Waals surface area contributed by atoms with Crippen molar-refractivity contribution in [3.05, 3.63) is 71.3 Å². The number of benzene rings is 2. The van der Waals surface area contributed by atoms with Crippen LogP contribution in [0.1, 0.15) is 31.1 Å². The second-order valence-corrected chi connectivity index (χ2v) is 4.06. The molecular formula is C16H12O4. The van der Waals surface area contributed by atoms with Crippen molar-refractivity contribution in [1.29, 1.82) is 0 Å². The predicted molar refractivity (Wildman–Crippen MR) is 72.9 cm³/mol. The van der Waals surface area contributed by atoms with Gasteiger partial charge in [0.15, 0.2) is 0 Å². The van der Waals surface area contributed by atoms with Crippen LogP contribution < -0.4 is 0 Å². The van der Waals surface area contributed by atoms with Gasteiger partial charge in [0.1, 0.15) is 0 Å². The maximum absolute atomic E-state index is 12.2. The third kappa shape index (κ3) is 2.64. The zero-order chi connectivity index (χ0) is 14.5. The number of carbonyl (C=O) groups excluding carboxylic acids is 3. The Balaban J connectivity index is 2.40. The first kappa shape index (κ1) is 13.7. The van der Waals surface area contributed by atoms with Crippen molar-refractivity contribution in [3.8, 4) is 0 Å². The fourth-order valence-corrected chi connectivity index (χ4v) is 1.81. The minimum Gasteiger partial charge on any atom is -0.465 e. The zero-order valence-corrected chi connectivity index (χ0v) is 10.8. The minimum absolute atomic E-state index is 0.0493. The van der Waals surface area contributed by atoms with E-state index in [2.05, 4.69) is 4.74 Å². The van der Waals surface area contributed by atoms with E-state index in [1.54, 1.807) is 42.5 Å². The lowest BCUT2D eigenvalue weighted by atomic mass is 9.97. The van der Waals surface area contributed by atoms with E-state index in [0.717, 1.165) is 0 Å². The molecule has 0 saturated carbocycles. The molecule has 0 aliphatic rings. The van der Waals surface area contributed by atoms with Gasteiger partial charge in [0.05, 0.1) is 12.7 Å². The van der Waals surface area contributed by atoms with Crippen molar-refractivity contribution >= 4 is 17.5 Å². The first-order valence-corrected chi connectivity index (χ1v) is 5.96. The molecule has 0 spiro atoms. The van der Waals surface area contributed by atoms with E-state index < -0.39 is 17.5 Å². The van der Waals surface area contributed by atoms with Crippen molar-refractivity contribution < 1.29 is 19.1 Å². The van der Waals surface area contributed by atoms with E-state index in [4.69, 9.17) is 0 Å². The summed E-state index contributed by atoms with van der Waals surface area (Å²) in [6.45, 7) is 0. The molecule has 0 saturated heterocycles. The monoisotopic (exact) mass is 268 g/mol. The maximum atomic E-state index is 12.2. The van der Waals surface area contributed by atoms with E-state index in [1.807, 2.05) is 0 Å². The molecule has 0 bridgehead atoms. The van der Waals surface area contributed by atoms with Crippen molar-refractivity contribution in [1.82, 2.24) is 0 Å². The Hall–Kier alpha value is -2.75. The number of esters is 1. The van der Waals surface area contributed by atoms with E-state index in [9.17, 15) is 14.4 Å². The topological polar surface area (TPSA) is 60.4 Å². The fraction of sp³-hybridized carbons (Fsp3) is 0.0625. The van der Waals surface area contributed by atoms with Gasteiger partial charge in [-0.05, 0) is 6.07 Å². The van der Waals surface area contributed by atoms with Gasteiger partial charge in [0.25, 0.3) is 0 Å². The zero-order valence-electron chi connectivity index (χ0n) is 10.8. The summed E-state index contributed by atoms with van der Waals surface area (Å²) < 4.78 is 4.61. The third-order valence-corrected chi connectivity index (χ3v) is 2.82. The molecule has 0 radical (unpaired) electrons. The quantitative estimate of drug-likeness (QED) is 0.485. The van der Waals surface area contributed by atoms with Gasteiger partial charge in [-0.25, -0.2) is 4.79 Å². The first-order chi connectivity index (χ1) is 9.65. The largest absolute Gasteiger partial charge is 0.465 e. The van der Waals surface area contributed by atoms with Crippen molar-refractivity contribution in [2.24, 2.45) is 0 Å². The first-order valence-electron chi connectivity index (χ1n) is 5.96. The average molecular weight is 268 g/mol. The van der Waals surface area contributed by atoms with Crippen LogP contribution in [0.2, 0.25) is 0 Å². The molecule has 2 aromatic rings. The fourth-order valence-electron chi connectivity index (χ4n) is 1.81. The standard InChI is InChI=1S/C16H12O4/c1-20-16(19)13-10-6-5-9-12(13)15(18)14(17)11-7-3-2-4-8-11/h2-10H,1H3. The van der Waals surface area contributed by atoms with E-state index >= 15 is 0 Å². The number of ether oxygens (including phenoxy) is 1. The summed E-state index contributed by atoms with van der Waals surface area (Å²) in [5.41, 5.74) is 0.426. The molecule has 4 nitrogen and oxygen atoms in total. The van der Waals surface area contributed by atoms with Gasteiger partial charge in [0, 0.05) is 11.1 Å². The predicted octanol–water partition coefficient (Wildman–Crippen LogP) is 2.54. The summed E-state index contributed by atoms with van der Waals surface area (Å²) in [6, 6.07) is 14.3. The van der Waals surface area contributed by atoms with Gasteiger partial charge in [-0.15, -0.1) is 0 Å². The van der Waals surface area contributed by atoms with Gasteiger partial charge in [-0.2, -0.15) is 0 Å². The summed E-state index contributed by atoms with van der Waals surface area (Å²) in [7, 11) is 1.22. The lowest BCUT2D eigenvalue weighted by Gasteiger charge is -2.06. The van der Waals surface area contributed by atoms with Gasteiger partial charge in [0.2, 0.25) is 11.6 Å². The Morgan fingerprint density at radius 3 is 1.90 bits per heavy atom. The average Bonchev–Trinajstić information content (AvgIpc) is 2.53. The summed E-state index contributed by atoms with van der Waals surface area (Å²) in [4.78, 5) is 35.9. The van der Waals surface area contributed by atoms with E-state index in [-0.39, 0.29) is 16.7 Å². The lowest BCUT2D eigenvalue weighted by Crippen LogP contribution is -2.18. The molecule has 20 heavy (non-hydrogen) atoms. The van der Waals surface area contributed by atoms with Crippen LogP contribution in [0.3, 0.4) is 0 Å². The molecule has 0 aliphatic carbocycles. The van der Waals surface area contributed by atoms with E-state index in [0.29, 0.717) is 0 Å². The summed E-state index contributed by atoms with van der Waals surface area (Å²) >= 11 is 0. The molecule has 0 N–H and O–H groups in total. The highest BCUT2D eigenvalue weighted by Crippen LogP contribution is 2.14. The van der Waals surface area contributed by atoms with Gasteiger partial charge in [-0.3, -0.25) is 9.59 Å². The Kier molecular flexibility index (Phi) is 4.05. The highest BCUT2D eigenvalue weighted by atomic mass is 16.5. The second-order valence-electron chi connectivity index (χ2n) is 4.06. The molecule has 0 amide bonds. The van der Waals surface area contributed by atoms with Crippen LogP contribution in [0, 0.1) is 0 Å². The number of methoxy groups -OCH3 is 1. The lowest BCUT2D eigenvalue weighted by molar-refractivity contribution is 0.0597. The summed E-state index contributed by atoms with van der Waals surface area (Å²) in [5, 5.41) is 0. The number of hydrogen-bond donors (Lipinski definition) is 0. The van der Waals surface area contributed by atoms with Gasteiger partial charge in [-0.1, -0.05) is 48.5 Å². The smallest absolute Gasteiger partial charge is 0.338 e. The van der Waals surface area contributed by atoms with Crippen molar-refractivity contribution in [3.63, 3.8) is 0 Å². The molecule has 0 aliphatic heterocycles. The van der Waals surface area contributed by atoms with Crippen molar-refractivity contribution in [2.75, 3.05) is 7.11 Å². The van der Waals surface area contributed by atoms with Crippen LogP contribution >= 0.6 is 0 Å². The number of Topliss-reactive ketones (excluding diaryl/α,β-unsaturated/α-hetero) is 2. The highest BCUT2D eigenvalue weighted by molar-refractivity contribution is 6.50. The highest BCUT2D eigenvalue weighted by Gasteiger charge is 2.23. The Morgan fingerprint density at radius 1 is 0.750 bits per heavy atom. The van der Waals surface area contributed by atoms with Crippen LogP contribution in [-0.2, 0) is 4.74 Å². The molecule has 0 atom stereocenters. The van der Waals surface area contributed by atoms with Crippen LogP contribution in [0.4, 0.5) is 0 Å². The maximum Gasteiger partial charge on any atom is 0.338 e. The van der Waals surface area contributed by atoms with Crippen molar-refractivity contribution in [2.45, 2.75) is 0 Å². The summed E-state index contributed by atoms with van der Waals surface area (Å²) in [6.07, 6.45) is 0. The second kappa shape index (κ2) is 5.93. The third-order valence-electron chi connectivity index (χ3n) is 2.82. The molecule has 100 valence electrons. The van der Waals surface area contributed by atoms with Gasteiger partial charge < -0.3 is 4.74 Å². The van der Waals surface area contributed by atoms with Crippen LogP contribution in [0.15, 0.2) is 54.6 Å².